The molecule has 5 heteroatoms. The summed E-state index contributed by atoms with van der Waals surface area (Å²) in [6.07, 6.45) is 0.255. The molecule has 15 heavy (non-hydrogen) atoms. The predicted molar refractivity (Wildman–Crippen MR) is 48.5 cm³/mol. The van der Waals surface area contributed by atoms with E-state index in [-0.39, 0.29) is 24.4 Å². The minimum absolute atomic E-state index is 0.0734. The third-order valence-electron chi connectivity index (χ3n) is 1.91. The molecule has 0 unspecified atom stereocenters. The van der Waals surface area contributed by atoms with Gasteiger partial charge in [0.15, 0.2) is 17.5 Å². The molecule has 0 heterocycles. The summed E-state index contributed by atoms with van der Waals surface area (Å²) >= 11 is 0. The van der Waals surface area contributed by atoms with E-state index in [4.69, 9.17) is 0 Å². The summed E-state index contributed by atoms with van der Waals surface area (Å²) in [5, 5.41) is 2.37. The molecule has 0 spiro atoms. The quantitative estimate of drug-likeness (QED) is 0.772. The number of benzene rings is 1. The Balaban J connectivity index is 2.78. The van der Waals surface area contributed by atoms with Crippen LogP contribution in [0, 0.1) is 17.5 Å². The van der Waals surface area contributed by atoms with E-state index in [9.17, 15) is 18.0 Å². The van der Waals surface area contributed by atoms with Gasteiger partial charge in [0.05, 0.1) is 0 Å². The molecule has 0 saturated heterocycles. The first-order valence-corrected chi connectivity index (χ1v) is 4.45. The van der Waals surface area contributed by atoms with Gasteiger partial charge >= 0.3 is 0 Å². The Morgan fingerprint density at radius 1 is 1.27 bits per heavy atom. The highest BCUT2D eigenvalue weighted by Crippen LogP contribution is 2.14. The van der Waals surface area contributed by atoms with Crippen molar-refractivity contribution in [3.05, 3.63) is 35.1 Å². The standard InChI is InChI=1S/C10H10F3NO/c1-2-8(15)14-5-6-3-4-7(11)10(13)9(6)12/h3-4H,2,5H2,1H3,(H,14,15). The molecule has 0 atom stereocenters. The number of amides is 1. The SMILES string of the molecule is CCC(=O)NCc1ccc(F)c(F)c1F. The van der Waals surface area contributed by atoms with E-state index >= 15 is 0 Å². The molecule has 0 aromatic heterocycles. The van der Waals surface area contributed by atoms with Gasteiger partial charge in [0.2, 0.25) is 5.91 Å². The van der Waals surface area contributed by atoms with Crippen LogP contribution < -0.4 is 5.32 Å². The van der Waals surface area contributed by atoms with Crippen LogP contribution in [0.2, 0.25) is 0 Å². The minimum Gasteiger partial charge on any atom is -0.352 e. The smallest absolute Gasteiger partial charge is 0.219 e. The van der Waals surface area contributed by atoms with Crippen molar-refractivity contribution in [1.82, 2.24) is 5.32 Å². The van der Waals surface area contributed by atoms with Gasteiger partial charge in [-0.25, -0.2) is 13.2 Å². The van der Waals surface area contributed by atoms with E-state index in [2.05, 4.69) is 5.32 Å². The highest BCUT2D eigenvalue weighted by atomic mass is 19.2. The molecule has 0 saturated carbocycles. The van der Waals surface area contributed by atoms with Crippen molar-refractivity contribution in [3.8, 4) is 0 Å². The fourth-order valence-electron chi connectivity index (χ4n) is 1.02. The van der Waals surface area contributed by atoms with Crippen molar-refractivity contribution < 1.29 is 18.0 Å². The molecule has 1 rings (SSSR count). The topological polar surface area (TPSA) is 29.1 Å². The first kappa shape index (κ1) is 11.6. The summed E-state index contributed by atoms with van der Waals surface area (Å²) in [4.78, 5) is 10.8. The van der Waals surface area contributed by atoms with Crippen LogP contribution >= 0.6 is 0 Å². The molecule has 0 bridgehead atoms. The molecule has 0 aliphatic carbocycles. The summed E-state index contributed by atoms with van der Waals surface area (Å²) in [5.41, 5.74) is -0.0734. The number of hydrogen-bond donors (Lipinski definition) is 1. The summed E-state index contributed by atoms with van der Waals surface area (Å²) < 4.78 is 38.3. The first-order valence-electron chi connectivity index (χ1n) is 4.45. The zero-order valence-electron chi connectivity index (χ0n) is 8.11. The van der Waals surface area contributed by atoms with Gasteiger partial charge in [-0.3, -0.25) is 4.79 Å². The van der Waals surface area contributed by atoms with Gasteiger partial charge in [0.1, 0.15) is 0 Å². The predicted octanol–water partition coefficient (Wildman–Crippen LogP) is 2.13. The van der Waals surface area contributed by atoms with Crippen LogP contribution in [0.15, 0.2) is 12.1 Å². The lowest BCUT2D eigenvalue weighted by Crippen LogP contribution is -2.22. The summed E-state index contributed by atoms with van der Waals surface area (Å²) in [5.74, 6) is -4.29. The molecule has 2 nitrogen and oxygen atoms in total. The lowest BCUT2D eigenvalue weighted by Gasteiger charge is -2.05. The number of rotatable bonds is 3. The molecule has 0 fully saturated rings. The van der Waals surface area contributed by atoms with Crippen molar-refractivity contribution in [2.24, 2.45) is 0 Å². The lowest BCUT2D eigenvalue weighted by atomic mass is 10.2. The van der Waals surface area contributed by atoms with Crippen molar-refractivity contribution in [2.75, 3.05) is 0 Å². The average Bonchev–Trinajstić information content (AvgIpc) is 2.24. The van der Waals surface area contributed by atoms with E-state index in [1.54, 1.807) is 6.92 Å². The van der Waals surface area contributed by atoms with Crippen molar-refractivity contribution in [3.63, 3.8) is 0 Å². The maximum atomic E-state index is 13.1. The Kier molecular flexibility index (Phi) is 3.71. The van der Waals surface area contributed by atoms with Gasteiger partial charge in [-0.1, -0.05) is 13.0 Å². The Morgan fingerprint density at radius 2 is 1.93 bits per heavy atom. The minimum atomic E-state index is -1.52. The molecule has 0 aliphatic rings. The van der Waals surface area contributed by atoms with E-state index in [0.29, 0.717) is 0 Å². The summed E-state index contributed by atoms with van der Waals surface area (Å²) in [7, 11) is 0. The molecule has 1 N–H and O–H groups in total. The number of carbonyl (C=O) groups is 1. The Labute approximate surface area is 85.1 Å². The van der Waals surface area contributed by atoms with E-state index in [1.807, 2.05) is 0 Å². The second kappa shape index (κ2) is 4.82. The normalized spacial score (nSPS) is 10.1. The van der Waals surface area contributed by atoms with E-state index < -0.39 is 17.5 Å². The summed E-state index contributed by atoms with van der Waals surface area (Å²) in [6, 6.07) is 1.93. The molecule has 1 aromatic carbocycles. The number of hydrogen-bond acceptors (Lipinski definition) is 1. The highest BCUT2D eigenvalue weighted by molar-refractivity contribution is 5.75. The van der Waals surface area contributed by atoms with E-state index in [0.717, 1.165) is 12.1 Å². The fourth-order valence-corrected chi connectivity index (χ4v) is 1.02. The van der Waals surface area contributed by atoms with Crippen molar-refractivity contribution in [1.29, 1.82) is 0 Å². The van der Waals surface area contributed by atoms with Crippen molar-refractivity contribution >= 4 is 5.91 Å². The molecule has 0 radical (unpaired) electrons. The maximum absolute atomic E-state index is 13.1. The molecule has 1 aromatic rings. The zero-order chi connectivity index (χ0) is 11.4. The van der Waals surface area contributed by atoms with Gasteiger partial charge in [-0.15, -0.1) is 0 Å². The zero-order valence-corrected chi connectivity index (χ0v) is 8.11. The highest BCUT2D eigenvalue weighted by Gasteiger charge is 2.13. The molecular weight excluding hydrogens is 207 g/mol. The number of carbonyl (C=O) groups excluding carboxylic acids is 1. The van der Waals surface area contributed by atoms with Crippen LogP contribution in [-0.4, -0.2) is 5.91 Å². The van der Waals surface area contributed by atoms with Crippen LogP contribution in [0.1, 0.15) is 18.9 Å². The molecule has 82 valence electrons. The van der Waals surface area contributed by atoms with Crippen LogP contribution in [0.5, 0.6) is 0 Å². The molecular formula is C10H10F3NO. The summed E-state index contributed by atoms with van der Waals surface area (Å²) in [6.45, 7) is 1.49. The third-order valence-corrected chi connectivity index (χ3v) is 1.91. The third kappa shape index (κ3) is 2.71. The molecule has 0 aliphatic heterocycles. The van der Waals surface area contributed by atoms with Gasteiger partial charge in [0.25, 0.3) is 0 Å². The monoisotopic (exact) mass is 217 g/mol. The number of halogens is 3. The van der Waals surface area contributed by atoms with Gasteiger partial charge in [0, 0.05) is 18.5 Å². The van der Waals surface area contributed by atoms with Gasteiger partial charge in [-0.2, -0.15) is 0 Å². The Morgan fingerprint density at radius 3 is 2.53 bits per heavy atom. The first-order chi connectivity index (χ1) is 7.06. The second-order valence-electron chi connectivity index (χ2n) is 2.96. The average molecular weight is 217 g/mol. The van der Waals surface area contributed by atoms with Crippen LogP contribution in [0.25, 0.3) is 0 Å². The van der Waals surface area contributed by atoms with Crippen molar-refractivity contribution in [2.45, 2.75) is 19.9 Å². The van der Waals surface area contributed by atoms with Gasteiger partial charge in [-0.05, 0) is 6.07 Å². The number of nitrogens with one attached hydrogen (secondary N) is 1. The largest absolute Gasteiger partial charge is 0.352 e. The Bertz CT molecular complexity index is 379. The van der Waals surface area contributed by atoms with Crippen LogP contribution in [0.3, 0.4) is 0 Å². The Hall–Kier alpha value is -1.52. The fraction of sp³-hybridized carbons (Fsp3) is 0.300. The molecule has 1 amide bonds. The lowest BCUT2D eigenvalue weighted by molar-refractivity contribution is -0.120. The second-order valence-corrected chi connectivity index (χ2v) is 2.96. The van der Waals surface area contributed by atoms with Gasteiger partial charge < -0.3 is 5.32 Å². The van der Waals surface area contributed by atoms with Crippen LogP contribution in [-0.2, 0) is 11.3 Å². The van der Waals surface area contributed by atoms with E-state index in [1.165, 1.54) is 0 Å². The van der Waals surface area contributed by atoms with Crippen LogP contribution in [0.4, 0.5) is 13.2 Å². The maximum Gasteiger partial charge on any atom is 0.219 e.